The lowest BCUT2D eigenvalue weighted by Crippen LogP contribution is -2.18. The van der Waals surface area contributed by atoms with Gasteiger partial charge in [-0.1, -0.05) is 29.8 Å². The fourth-order valence-electron chi connectivity index (χ4n) is 2.83. The standard InChI is InChI=1S/C23H22Br2N2O5S/c1-15-4-6-16(7-5-15)14-32-23-20(25)10-17(11-22(23)31-3)13-26-27-33(28,29)18-8-9-21(30-2)19(24)12-18/h4-13,27H,14H2,1-3H3/b26-13-. The van der Waals surface area contributed by atoms with Crippen LogP contribution in [-0.4, -0.2) is 28.9 Å². The minimum atomic E-state index is -3.86. The van der Waals surface area contributed by atoms with Crippen LogP contribution >= 0.6 is 31.9 Å². The van der Waals surface area contributed by atoms with Gasteiger partial charge in [0.05, 0.1) is 34.3 Å². The molecule has 3 rings (SSSR count). The van der Waals surface area contributed by atoms with Gasteiger partial charge in [0, 0.05) is 0 Å². The maximum Gasteiger partial charge on any atom is 0.276 e. The quantitative estimate of drug-likeness (QED) is 0.263. The van der Waals surface area contributed by atoms with Crippen LogP contribution in [0.25, 0.3) is 0 Å². The normalized spacial score (nSPS) is 11.4. The van der Waals surface area contributed by atoms with Crippen molar-refractivity contribution < 1.29 is 22.6 Å². The fraction of sp³-hybridized carbons (Fsp3) is 0.174. The van der Waals surface area contributed by atoms with Gasteiger partial charge in [-0.05, 0) is 80.2 Å². The van der Waals surface area contributed by atoms with Crippen molar-refractivity contribution >= 4 is 48.1 Å². The van der Waals surface area contributed by atoms with Gasteiger partial charge < -0.3 is 14.2 Å². The zero-order chi connectivity index (χ0) is 24.0. The number of hydrogen-bond donors (Lipinski definition) is 1. The topological polar surface area (TPSA) is 86.2 Å². The number of methoxy groups -OCH3 is 2. The van der Waals surface area contributed by atoms with E-state index in [1.165, 1.54) is 38.1 Å². The average molecular weight is 598 g/mol. The Morgan fingerprint density at radius 3 is 2.27 bits per heavy atom. The number of sulfonamides is 1. The first-order valence-corrected chi connectivity index (χ1v) is 12.7. The molecule has 3 aromatic rings. The molecule has 0 aliphatic rings. The summed E-state index contributed by atoms with van der Waals surface area (Å²) in [6.45, 7) is 2.40. The van der Waals surface area contributed by atoms with Crippen LogP contribution in [-0.2, 0) is 16.6 Å². The lowest BCUT2D eigenvalue weighted by molar-refractivity contribution is 0.282. The van der Waals surface area contributed by atoms with Crippen molar-refractivity contribution in [1.29, 1.82) is 0 Å². The summed E-state index contributed by atoms with van der Waals surface area (Å²) in [5, 5.41) is 3.88. The van der Waals surface area contributed by atoms with E-state index in [-0.39, 0.29) is 4.90 Å². The van der Waals surface area contributed by atoms with Crippen molar-refractivity contribution in [2.45, 2.75) is 18.4 Å². The summed E-state index contributed by atoms with van der Waals surface area (Å²) in [6.07, 6.45) is 1.38. The molecule has 0 saturated heterocycles. The molecular formula is C23H22Br2N2O5S. The number of hydrazone groups is 1. The third kappa shape index (κ3) is 6.49. The molecule has 0 aliphatic carbocycles. The molecule has 0 spiro atoms. The predicted molar refractivity (Wildman–Crippen MR) is 135 cm³/mol. The Kier molecular flexibility index (Phi) is 8.39. The molecule has 0 radical (unpaired) electrons. The minimum absolute atomic E-state index is 0.0472. The Morgan fingerprint density at radius 1 is 0.939 bits per heavy atom. The van der Waals surface area contributed by atoms with Crippen LogP contribution in [0.1, 0.15) is 16.7 Å². The highest BCUT2D eigenvalue weighted by Gasteiger charge is 2.15. The SMILES string of the molecule is COc1ccc(S(=O)(=O)N/N=C\c2cc(Br)c(OCc3ccc(C)cc3)c(OC)c2)cc1Br. The predicted octanol–water partition coefficient (Wildman–Crippen LogP) is 5.43. The molecule has 0 atom stereocenters. The molecular weight excluding hydrogens is 576 g/mol. The largest absolute Gasteiger partial charge is 0.496 e. The van der Waals surface area contributed by atoms with Crippen molar-refractivity contribution in [3.8, 4) is 17.2 Å². The molecule has 3 aromatic carbocycles. The molecule has 10 heteroatoms. The first-order valence-electron chi connectivity index (χ1n) is 9.68. The first kappa shape index (κ1) is 25.1. The van der Waals surface area contributed by atoms with Gasteiger partial charge in [-0.25, -0.2) is 4.83 Å². The summed E-state index contributed by atoms with van der Waals surface area (Å²) in [5.74, 6) is 1.55. The highest BCUT2D eigenvalue weighted by molar-refractivity contribution is 9.11. The molecule has 0 amide bonds. The summed E-state index contributed by atoms with van der Waals surface area (Å²) in [7, 11) is -0.820. The van der Waals surface area contributed by atoms with Crippen molar-refractivity contribution in [1.82, 2.24) is 4.83 Å². The number of nitrogens with one attached hydrogen (secondary N) is 1. The van der Waals surface area contributed by atoms with Crippen molar-refractivity contribution in [3.05, 3.63) is 80.2 Å². The molecule has 174 valence electrons. The number of aryl methyl sites for hydroxylation is 1. The number of halogens is 2. The lowest BCUT2D eigenvalue weighted by Gasteiger charge is -2.13. The van der Waals surface area contributed by atoms with Crippen molar-refractivity contribution in [2.75, 3.05) is 14.2 Å². The van der Waals surface area contributed by atoms with E-state index in [1.54, 1.807) is 18.2 Å². The highest BCUT2D eigenvalue weighted by Crippen LogP contribution is 2.37. The van der Waals surface area contributed by atoms with Crippen LogP contribution in [0.4, 0.5) is 0 Å². The Labute approximate surface area is 210 Å². The molecule has 1 N–H and O–H groups in total. The van der Waals surface area contributed by atoms with Crippen LogP contribution in [0, 0.1) is 6.92 Å². The van der Waals surface area contributed by atoms with Crippen LogP contribution in [0.2, 0.25) is 0 Å². The van der Waals surface area contributed by atoms with Gasteiger partial charge in [-0.2, -0.15) is 13.5 Å². The zero-order valence-corrected chi connectivity index (χ0v) is 22.1. The summed E-state index contributed by atoms with van der Waals surface area (Å²) < 4.78 is 42.7. The Bertz CT molecular complexity index is 1260. The van der Waals surface area contributed by atoms with Crippen LogP contribution < -0.4 is 19.0 Å². The van der Waals surface area contributed by atoms with Crippen LogP contribution in [0.15, 0.2) is 73.5 Å². The maximum atomic E-state index is 12.5. The van der Waals surface area contributed by atoms with Gasteiger partial charge in [-0.3, -0.25) is 0 Å². The van der Waals surface area contributed by atoms with E-state index in [0.717, 1.165) is 5.56 Å². The molecule has 7 nitrogen and oxygen atoms in total. The number of benzene rings is 3. The summed E-state index contributed by atoms with van der Waals surface area (Å²) in [6, 6.07) is 15.9. The van der Waals surface area contributed by atoms with Crippen molar-refractivity contribution in [2.24, 2.45) is 5.10 Å². The van der Waals surface area contributed by atoms with E-state index in [1.807, 2.05) is 31.2 Å². The van der Waals surface area contributed by atoms with Gasteiger partial charge in [0.25, 0.3) is 10.0 Å². The van der Waals surface area contributed by atoms with Gasteiger partial charge in [-0.15, -0.1) is 0 Å². The number of nitrogens with zero attached hydrogens (tertiary/aromatic N) is 1. The maximum absolute atomic E-state index is 12.5. The second kappa shape index (κ2) is 11.0. The van der Waals surface area contributed by atoms with Crippen LogP contribution in [0.3, 0.4) is 0 Å². The summed E-state index contributed by atoms with van der Waals surface area (Å²) in [4.78, 5) is 2.25. The second-order valence-corrected chi connectivity index (χ2v) is 10.3. The molecule has 0 aliphatic heterocycles. The van der Waals surface area contributed by atoms with Gasteiger partial charge in [0.15, 0.2) is 11.5 Å². The Morgan fingerprint density at radius 2 is 1.64 bits per heavy atom. The third-order valence-corrected chi connectivity index (χ3v) is 7.00. The third-order valence-electron chi connectivity index (χ3n) is 4.58. The molecule has 0 saturated carbocycles. The Balaban J connectivity index is 1.73. The zero-order valence-electron chi connectivity index (χ0n) is 18.1. The van der Waals surface area contributed by atoms with E-state index in [0.29, 0.717) is 38.4 Å². The summed E-state index contributed by atoms with van der Waals surface area (Å²) in [5.41, 5.74) is 2.82. The Hall–Kier alpha value is -2.56. The molecule has 33 heavy (non-hydrogen) atoms. The van der Waals surface area contributed by atoms with E-state index in [4.69, 9.17) is 14.2 Å². The first-order chi connectivity index (χ1) is 15.7. The van der Waals surface area contributed by atoms with E-state index in [9.17, 15) is 8.42 Å². The second-order valence-electron chi connectivity index (χ2n) is 6.96. The molecule has 0 bridgehead atoms. The van der Waals surface area contributed by atoms with E-state index >= 15 is 0 Å². The number of rotatable bonds is 9. The molecule has 0 heterocycles. The van der Waals surface area contributed by atoms with Gasteiger partial charge in [0.1, 0.15) is 12.4 Å². The minimum Gasteiger partial charge on any atom is -0.496 e. The van der Waals surface area contributed by atoms with Gasteiger partial charge >= 0.3 is 0 Å². The monoisotopic (exact) mass is 596 g/mol. The highest BCUT2D eigenvalue weighted by atomic mass is 79.9. The van der Waals surface area contributed by atoms with Gasteiger partial charge in [0.2, 0.25) is 0 Å². The molecule has 0 fully saturated rings. The van der Waals surface area contributed by atoms with Crippen LogP contribution in [0.5, 0.6) is 17.2 Å². The summed E-state index contributed by atoms with van der Waals surface area (Å²) >= 11 is 6.77. The fourth-order valence-corrected chi connectivity index (χ4v) is 4.91. The van der Waals surface area contributed by atoms with E-state index < -0.39 is 10.0 Å². The number of hydrogen-bond acceptors (Lipinski definition) is 6. The lowest BCUT2D eigenvalue weighted by atomic mass is 10.2. The number of ether oxygens (including phenoxy) is 3. The molecule has 0 aromatic heterocycles. The molecule has 0 unspecified atom stereocenters. The average Bonchev–Trinajstić information content (AvgIpc) is 2.79. The van der Waals surface area contributed by atoms with Crippen molar-refractivity contribution in [3.63, 3.8) is 0 Å². The smallest absolute Gasteiger partial charge is 0.276 e. The van der Waals surface area contributed by atoms with E-state index in [2.05, 4.69) is 41.8 Å².